The Kier molecular flexibility index (Phi) is 4.12. The predicted octanol–water partition coefficient (Wildman–Crippen LogP) is 1.11. The molecule has 0 saturated carbocycles. The number of aliphatic carboxylic acids is 1. The number of carboxylic acids is 1. The van der Waals surface area contributed by atoms with Crippen molar-refractivity contribution in [2.24, 2.45) is 0 Å². The minimum Gasteiger partial charge on any atom is -0.480 e. The zero-order chi connectivity index (χ0) is 11.3. The summed E-state index contributed by atoms with van der Waals surface area (Å²) in [6.07, 6.45) is 0. The molecule has 0 aromatic heterocycles. The monoisotopic (exact) mass is 227 g/mol. The number of carbonyl (C=O) groups is 2. The molecule has 0 heterocycles. The van der Waals surface area contributed by atoms with E-state index in [1.807, 2.05) is 0 Å². The first-order valence-electron chi connectivity index (χ1n) is 4.30. The lowest BCUT2D eigenvalue weighted by molar-refractivity contribution is -0.138. The van der Waals surface area contributed by atoms with Crippen molar-refractivity contribution in [1.82, 2.24) is 5.32 Å². The molecule has 0 saturated heterocycles. The molecule has 0 spiro atoms. The second-order valence-electron chi connectivity index (χ2n) is 2.88. The van der Waals surface area contributed by atoms with Gasteiger partial charge < -0.3 is 10.4 Å². The van der Waals surface area contributed by atoms with Crippen molar-refractivity contribution in [3.05, 3.63) is 35.9 Å². The van der Waals surface area contributed by atoms with E-state index < -0.39 is 17.9 Å². The van der Waals surface area contributed by atoms with E-state index >= 15 is 0 Å². The fraction of sp³-hybridized carbons (Fsp3) is 0.200. The molecule has 0 aliphatic carbocycles. The lowest BCUT2D eigenvalue weighted by Crippen LogP contribution is -2.42. The largest absolute Gasteiger partial charge is 0.480 e. The van der Waals surface area contributed by atoms with Gasteiger partial charge in [-0.3, -0.25) is 4.79 Å². The number of amides is 1. The van der Waals surface area contributed by atoms with E-state index in [9.17, 15) is 9.59 Å². The molecule has 80 valence electrons. The van der Waals surface area contributed by atoms with Gasteiger partial charge in [0.1, 0.15) is 6.04 Å². The molecule has 0 unspecified atom stereocenters. The maximum atomic E-state index is 11.5. The number of nitrogens with one attached hydrogen (secondary N) is 1. The van der Waals surface area contributed by atoms with E-state index in [-0.39, 0.29) is 5.88 Å². The minimum atomic E-state index is -1.14. The van der Waals surface area contributed by atoms with E-state index in [1.165, 1.54) is 0 Å². The summed E-state index contributed by atoms with van der Waals surface area (Å²) < 4.78 is 0. The number of halogens is 1. The van der Waals surface area contributed by atoms with Crippen LogP contribution in [0.2, 0.25) is 0 Å². The van der Waals surface area contributed by atoms with Crippen LogP contribution >= 0.6 is 11.6 Å². The molecule has 0 aliphatic rings. The van der Waals surface area contributed by atoms with Crippen molar-refractivity contribution in [2.75, 3.05) is 5.88 Å². The van der Waals surface area contributed by atoms with Gasteiger partial charge in [0.2, 0.25) is 0 Å². The smallest absolute Gasteiger partial charge is 0.327 e. The minimum absolute atomic E-state index is 0.159. The molecular weight excluding hydrogens is 218 g/mol. The number of hydrogen-bond acceptors (Lipinski definition) is 2. The van der Waals surface area contributed by atoms with E-state index in [2.05, 4.69) is 5.32 Å². The van der Waals surface area contributed by atoms with Crippen LogP contribution < -0.4 is 5.32 Å². The highest BCUT2D eigenvalue weighted by Crippen LogP contribution is 1.99. The Balaban J connectivity index is 2.67. The standard InChI is InChI=1S/C10H10ClNO3/c11-6-8(10(14)15)12-9(13)7-4-2-1-3-5-7/h1-5,8H,6H2,(H,12,13)(H,14,15)/t8-/m0/s1. The van der Waals surface area contributed by atoms with Crippen molar-refractivity contribution in [1.29, 1.82) is 0 Å². The van der Waals surface area contributed by atoms with Crippen LogP contribution in [0.15, 0.2) is 30.3 Å². The third kappa shape index (κ3) is 3.25. The van der Waals surface area contributed by atoms with Crippen LogP contribution in [-0.2, 0) is 4.79 Å². The Hall–Kier alpha value is -1.55. The Morgan fingerprint density at radius 1 is 1.33 bits per heavy atom. The molecule has 1 amide bonds. The Morgan fingerprint density at radius 2 is 1.93 bits per heavy atom. The van der Waals surface area contributed by atoms with Gasteiger partial charge in [-0.05, 0) is 12.1 Å². The zero-order valence-corrected chi connectivity index (χ0v) is 8.57. The van der Waals surface area contributed by atoms with Gasteiger partial charge in [0.05, 0.1) is 5.88 Å². The summed E-state index contributed by atoms with van der Waals surface area (Å²) >= 11 is 5.40. The van der Waals surface area contributed by atoms with Crippen LogP contribution in [0, 0.1) is 0 Å². The molecule has 1 aromatic rings. The number of carbonyl (C=O) groups excluding carboxylic acids is 1. The van der Waals surface area contributed by atoms with E-state index in [4.69, 9.17) is 16.7 Å². The normalized spacial score (nSPS) is 11.8. The second-order valence-corrected chi connectivity index (χ2v) is 3.19. The SMILES string of the molecule is O=C(N[C@@H](CCl)C(=O)O)c1ccccc1. The summed E-state index contributed by atoms with van der Waals surface area (Å²) in [5.41, 5.74) is 0.411. The van der Waals surface area contributed by atoms with Crippen LogP contribution in [0.3, 0.4) is 0 Å². The first-order chi connectivity index (χ1) is 7.15. The average Bonchev–Trinajstić information content (AvgIpc) is 2.26. The van der Waals surface area contributed by atoms with Crippen LogP contribution in [0.5, 0.6) is 0 Å². The van der Waals surface area contributed by atoms with Crippen molar-refractivity contribution in [3.8, 4) is 0 Å². The van der Waals surface area contributed by atoms with Gasteiger partial charge in [0, 0.05) is 5.56 Å². The molecule has 4 nitrogen and oxygen atoms in total. The summed E-state index contributed by atoms with van der Waals surface area (Å²) in [4.78, 5) is 22.1. The van der Waals surface area contributed by atoms with Gasteiger partial charge in [-0.15, -0.1) is 11.6 Å². The summed E-state index contributed by atoms with van der Waals surface area (Å²) in [6, 6.07) is 7.31. The van der Waals surface area contributed by atoms with Gasteiger partial charge in [0.25, 0.3) is 5.91 Å². The van der Waals surface area contributed by atoms with Crippen molar-refractivity contribution in [3.63, 3.8) is 0 Å². The number of hydrogen-bond donors (Lipinski definition) is 2. The topological polar surface area (TPSA) is 66.4 Å². The number of rotatable bonds is 4. The lowest BCUT2D eigenvalue weighted by atomic mass is 10.2. The molecule has 0 fully saturated rings. The van der Waals surface area contributed by atoms with Crippen molar-refractivity contribution in [2.45, 2.75) is 6.04 Å². The van der Waals surface area contributed by atoms with Crippen LogP contribution in [0.4, 0.5) is 0 Å². The van der Waals surface area contributed by atoms with Crippen molar-refractivity contribution >= 4 is 23.5 Å². The average molecular weight is 228 g/mol. The number of benzene rings is 1. The summed E-state index contributed by atoms with van der Waals surface area (Å²) in [5, 5.41) is 11.0. The van der Waals surface area contributed by atoms with E-state index in [1.54, 1.807) is 30.3 Å². The second kappa shape index (κ2) is 5.36. The van der Waals surface area contributed by atoms with Crippen molar-refractivity contribution < 1.29 is 14.7 Å². The predicted molar refractivity (Wildman–Crippen MR) is 56.1 cm³/mol. The van der Waals surface area contributed by atoms with Gasteiger partial charge in [-0.25, -0.2) is 4.79 Å². The molecular formula is C10H10ClNO3. The highest BCUT2D eigenvalue weighted by atomic mass is 35.5. The first-order valence-corrected chi connectivity index (χ1v) is 4.83. The summed E-state index contributed by atoms with van der Waals surface area (Å²) in [5.74, 6) is -1.74. The summed E-state index contributed by atoms with van der Waals surface area (Å²) in [6.45, 7) is 0. The Bertz CT molecular complexity index is 353. The molecule has 1 aromatic carbocycles. The fourth-order valence-corrected chi connectivity index (χ4v) is 1.21. The van der Waals surface area contributed by atoms with E-state index in [0.29, 0.717) is 5.56 Å². The molecule has 5 heteroatoms. The molecule has 0 aliphatic heterocycles. The molecule has 2 N–H and O–H groups in total. The molecule has 0 radical (unpaired) electrons. The maximum absolute atomic E-state index is 11.5. The van der Waals surface area contributed by atoms with Crippen LogP contribution in [0.1, 0.15) is 10.4 Å². The zero-order valence-electron chi connectivity index (χ0n) is 7.81. The van der Waals surface area contributed by atoms with E-state index in [0.717, 1.165) is 0 Å². The Morgan fingerprint density at radius 3 is 2.40 bits per heavy atom. The van der Waals surface area contributed by atoms with Gasteiger partial charge in [-0.1, -0.05) is 18.2 Å². The maximum Gasteiger partial charge on any atom is 0.327 e. The number of alkyl halides is 1. The molecule has 0 bridgehead atoms. The fourth-order valence-electron chi connectivity index (χ4n) is 0.997. The van der Waals surface area contributed by atoms with Gasteiger partial charge in [-0.2, -0.15) is 0 Å². The van der Waals surface area contributed by atoms with Crippen LogP contribution in [0.25, 0.3) is 0 Å². The Labute approximate surface area is 91.9 Å². The highest BCUT2D eigenvalue weighted by molar-refractivity contribution is 6.20. The first kappa shape index (κ1) is 11.5. The molecule has 1 atom stereocenters. The third-order valence-corrected chi connectivity index (χ3v) is 2.10. The van der Waals surface area contributed by atoms with Gasteiger partial charge in [0.15, 0.2) is 0 Å². The molecule has 15 heavy (non-hydrogen) atoms. The summed E-state index contributed by atoms with van der Waals surface area (Å²) in [7, 11) is 0. The third-order valence-electron chi connectivity index (χ3n) is 1.79. The van der Waals surface area contributed by atoms with Gasteiger partial charge >= 0.3 is 5.97 Å². The highest BCUT2D eigenvalue weighted by Gasteiger charge is 2.18. The van der Waals surface area contributed by atoms with Crippen LogP contribution in [-0.4, -0.2) is 28.9 Å². The molecule has 1 rings (SSSR count). The lowest BCUT2D eigenvalue weighted by Gasteiger charge is -2.10. The number of carboxylic acid groups (broad SMARTS) is 1. The quantitative estimate of drug-likeness (QED) is 0.758.